The van der Waals surface area contributed by atoms with Crippen molar-refractivity contribution in [2.24, 2.45) is 0 Å². The molecule has 0 saturated carbocycles. The first kappa shape index (κ1) is 13.5. The van der Waals surface area contributed by atoms with E-state index in [0.29, 0.717) is 19.4 Å². The van der Waals surface area contributed by atoms with Gasteiger partial charge in [0.25, 0.3) is 0 Å². The summed E-state index contributed by atoms with van der Waals surface area (Å²) in [6.45, 7) is 0.860. The number of sulfonamides is 1. The number of amides is 1. The Bertz CT molecular complexity index is 647. The fraction of sp³-hybridized carbons (Fsp3) is 0.462. The Labute approximate surface area is 117 Å². The predicted molar refractivity (Wildman–Crippen MR) is 69.9 cm³/mol. The maximum absolute atomic E-state index is 13.7. The van der Waals surface area contributed by atoms with Crippen LogP contribution in [0, 0.1) is 5.82 Å². The molecular weight excluding hydrogens is 283 g/mol. The highest BCUT2D eigenvalue weighted by Gasteiger charge is 2.40. The molecule has 1 aromatic carbocycles. The summed E-state index contributed by atoms with van der Waals surface area (Å²) in [6.07, 6.45) is 1.14. The second kappa shape index (κ2) is 4.82. The molecule has 0 spiro atoms. The lowest BCUT2D eigenvalue weighted by Crippen LogP contribution is -2.53. The number of benzene rings is 1. The van der Waals surface area contributed by atoms with Gasteiger partial charge in [0.15, 0.2) is 0 Å². The third-order valence-electron chi connectivity index (χ3n) is 3.91. The fourth-order valence-electron chi connectivity index (χ4n) is 2.85. The van der Waals surface area contributed by atoms with Crippen LogP contribution in [-0.4, -0.2) is 49.2 Å². The largest absolute Gasteiger partial charge is 0.337 e. The molecule has 0 radical (unpaired) electrons. The van der Waals surface area contributed by atoms with Crippen LogP contribution in [0.4, 0.5) is 4.39 Å². The standard InChI is InChI=1S/C13H15FN2O3S/c14-11-3-1-2-4-12(11)20(18,19)15-7-8-16-10(9-15)5-6-13(16)17/h1-4,10H,5-9H2. The lowest BCUT2D eigenvalue weighted by Gasteiger charge is -2.36. The van der Waals surface area contributed by atoms with Gasteiger partial charge in [-0.05, 0) is 18.6 Å². The molecule has 1 aromatic rings. The smallest absolute Gasteiger partial charge is 0.246 e. The van der Waals surface area contributed by atoms with Crippen LogP contribution < -0.4 is 0 Å². The normalized spacial score (nSPS) is 23.9. The summed E-state index contributed by atoms with van der Waals surface area (Å²) in [7, 11) is -3.83. The molecule has 20 heavy (non-hydrogen) atoms. The minimum atomic E-state index is -3.83. The summed E-state index contributed by atoms with van der Waals surface area (Å²) in [4.78, 5) is 13.0. The van der Waals surface area contributed by atoms with Gasteiger partial charge >= 0.3 is 0 Å². The molecule has 0 N–H and O–H groups in total. The van der Waals surface area contributed by atoms with E-state index >= 15 is 0 Å². The minimum Gasteiger partial charge on any atom is -0.337 e. The van der Waals surface area contributed by atoms with E-state index in [1.54, 1.807) is 4.90 Å². The maximum Gasteiger partial charge on any atom is 0.246 e. The van der Waals surface area contributed by atoms with Crippen molar-refractivity contribution in [1.82, 2.24) is 9.21 Å². The summed E-state index contributed by atoms with van der Waals surface area (Å²) in [5.74, 6) is -0.657. The van der Waals surface area contributed by atoms with Gasteiger partial charge in [-0.1, -0.05) is 12.1 Å². The average molecular weight is 298 g/mol. The summed E-state index contributed by atoms with van der Waals surface area (Å²) in [6, 6.07) is 5.31. The van der Waals surface area contributed by atoms with Crippen molar-refractivity contribution < 1.29 is 17.6 Å². The number of fused-ring (bicyclic) bond motifs is 1. The third-order valence-corrected chi connectivity index (χ3v) is 5.81. The van der Waals surface area contributed by atoms with Gasteiger partial charge in [0, 0.05) is 32.1 Å². The Balaban J connectivity index is 1.87. The SMILES string of the molecule is O=C1CCC2CN(S(=O)(=O)c3ccccc3F)CCN12. The van der Waals surface area contributed by atoms with Crippen LogP contribution in [0.2, 0.25) is 0 Å². The van der Waals surface area contributed by atoms with Crippen molar-refractivity contribution >= 4 is 15.9 Å². The summed E-state index contributed by atoms with van der Waals surface area (Å²) < 4.78 is 39.9. The predicted octanol–water partition coefficient (Wildman–Crippen LogP) is 0.821. The van der Waals surface area contributed by atoms with Gasteiger partial charge in [-0.25, -0.2) is 12.8 Å². The van der Waals surface area contributed by atoms with Crippen molar-refractivity contribution in [2.75, 3.05) is 19.6 Å². The Morgan fingerprint density at radius 3 is 2.70 bits per heavy atom. The molecule has 0 aromatic heterocycles. The molecule has 2 fully saturated rings. The quantitative estimate of drug-likeness (QED) is 0.812. The van der Waals surface area contributed by atoms with Crippen LogP contribution >= 0.6 is 0 Å². The van der Waals surface area contributed by atoms with Gasteiger partial charge in [-0.15, -0.1) is 0 Å². The molecular formula is C13H15FN2O3S. The van der Waals surface area contributed by atoms with Crippen LogP contribution in [0.3, 0.4) is 0 Å². The van der Waals surface area contributed by atoms with Crippen molar-refractivity contribution in [2.45, 2.75) is 23.8 Å². The van der Waals surface area contributed by atoms with Crippen LogP contribution in [0.25, 0.3) is 0 Å². The molecule has 0 aliphatic carbocycles. The number of carbonyl (C=O) groups excluding carboxylic acids is 1. The van der Waals surface area contributed by atoms with E-state index in [4.69, 9.17) is 0 Å². The number of piperazine rings is 1. The van der Waals surface area contributed by atoms with Gasteiger partial charge in [-0.2, -0.15) is 4.31 Å². The highest BCUT2D eigenvalue weighted by Crippen LogP contribution is 2.27. The van der Waals surface area contributed by atoms with E-state index < -0.39 is 15.8 Å². The molecule has 2 aliphatic rings. The molecule has 2 saturated heterocycles. The number of halogens is 1. The monoisotopic (exact) mass is 298 g/mol. The van der Waals surface area contributed by atoms with Crippen LogP contribution in [-0.2, 0) is 14.8 Å². The topological polar surface area (TPSA) is 57.7 Å². The first-order valence-electron chi connectivity index (χ1n) is 6.54. The van der Waals surface area contributed by atoms with Crippen molar-refractivity contribution in [1.29, 1.82) is 0 Å². The Hall–Kier alpha value is -1.47. The van der Waals surface area contributed by atoms with E-state index in [0.717, 1.165) is 6.07 Å². The number of rotatable bonds is 2. The lowest BCUT2D eigenvalue weighted by molar-refractivity contribution is -0.130. The highest BCUT2D eigenvalue weighted by atomic mass is 32.2. The third kappa shape index (κ3) is 2.10. The van der Waals surface area contributed by atoms with Crippen LogP contribution in [0.5, 0.6) is 0 Å². The zero-order chi connectivity index (χ0) is 14.3. The summed E-state index contributed by atoms with van der Waals surface area (Å²) in [5, 5.41) is 0. The second-order valence-electron chi connectivity index (χ2n) is 5.07. The highest BCUT2D eigenvalue weighted by molar-refractivity contribution is 7.89. The number of nitrogens with zero attached hydrogens (tertiary/aromatic N) is 2. The van der Waals surface area contributed by atoms with Gasteiger partial charge in [0.05, 0.1) is 0 Å². The molecule has 3 rings (SSSR count). The molecule has 1 atom stereocenters. The second-order valence-corrected chi connectivity index (χ2v) is 6.98. The molecule has 108 valence electrons. The van der Waals surface area contributed by atoms with Crippen LogP contribution in [0.15, 0.2) is 29.2 Å². The van der Waals surface area contributed by atoms with E-state index in [-0.39, 0.29) is 29.9 Å². The first-order chi connectivity index (χ1) is 9.50. The zero-order valence-electron chi connectivity index (χ0n) is 10.8. The Kier molecular flexibility index (Phi) is 3.25. The van der Waals surface area contributed by atoms with E-state index in [9.17, 15) is 17.6 Å². The molecule has 5 nitrogen and oxygen atoms in total. The van der Waals surface area contributed by atoms with Gasteiger partial charge in [0.1, 0.15) is 10.7 Å². The average Bonchev–Trinajstić information content (AvgIpc) is 2.80. The molecule has 1 unspecified atom stereocenters. The van der Waals surface area contributed by atoms with Crippen molar-refractivity contribution in [3.05, 3.63) is 30.1 Å². The van der Waals surface area contributed by atoms with E-state index in [1.165, 1.54) is 22.5 Å². The number of hydrogen-bond donors (Lipinski definition) is 0. The molecule has 1 amide bonds. The van der Waals surface area contributed by atoms with Crippen LogP contribution in [0.1, 0.15) is 12.8 Å². The van der Waals surface area contributed by atoms with Gasteiger partial charge in [-0.3, -0.25) is 4.79 Å². The Morgan fingerprint density at radius 1 is 1.20 bits per heavy atom. The molecule has 2 aliphatic heterocycles. The van der Waals surface area contributed by atoms with E-state index in [1.807, 2.05) is 0 Å². The molecule has 7 heteroatoms. The minimum absolute atomic E-state index is 0.0715. The Morgan fingerprint density at radius 2 is 1.95 bits per heavy atom. The molecule has 2 heterocycles. The number of carbonyl (C=O) groups is 1. The summed E-state index contributed by atoms with van der Waals surface area (Å²) in [5.41, 5.74) is 0. The maximum atomic E-state index is 13.7. The lowest BCUT2D eigenvalue weighted by atomic mass is 10.2. The van der Waals surface area contributed by atoms with Crippen molar-refractivity contribution in [3.63, 3.8) is 0 Å². The van der Waals surface area contributed by atoms with E-state index in [2.05, 4.69) is 0 Å². The number of hydrogen-bond acceptors (Lipinski definition) is 3. The zero-order valence-corrected chi connectivity index (χ0v) is 11.6. The van der Waals surface area contributed by atoms with Gasteiger partial charge < -0.3 is 4.90 Å². The summed E-state index contributed by atoms with van der Waals surface area (Å²) >= 11 is 0. The van der Waals surface area contributed by atoms with Crippen molar-refractivity contribution in [3.8, 4) is 0 Å². The van der Waals surface area contributed by atoms with Gasteiger partial charge in [0.2, 0.25) is 15.9 Å². The fourth-order valence-corrected chi connectivity index (χ4v) is 4.38. The molecule has 0 bridgehead atoms. The first-order valence-corrected chi connectivity index (χ1v) is 7.98.